The Kier molecular flexibility index (Phi) is 5.56. The first kappa shape index (κ1) is 23.0. The van der Waals surface area contributed by atoms with E-state index in [0.29, 0.717) is 37.0 Å². The molecular weight excluding hydrogens is 421 g/mol. The van der Waals surface area contributed by atoms with Gasteiger partial charge in [0, 0.05) is 24.4 Å². The Balaban J connectivity index is 1.78. The summed E-state index contributed by atoms with van der Waals surface area (Å²) >= 11 is 0. The third-order valence-corrected chi connectivity index (χ3v) is 7.38. The number of rotatable bonds is 3. The molecule has 0 radical (unpaired) electrons. The van der Waals surface area contributed by atoms with E-state index in [0.717, 1.165) is 27.6 Å². The highest BCUT2D eigenvalue weighted by atomic mass is 19.1. The molecule has 2 amide bonds. The molecule has 0 aliphatic carbocycles. The number of nitrogens with one attached hydrogen (secondary N) is 1. The molecule has 3 aromatic rings. The summed E-state index contributed by atoms with van der Waals surface area (Å²) in [6, 6.07) is 8.32. The number of primary amides is 1. The lowest BCUT2D eigenvalue weighted by atomic mass is 9.84. The van der Waals surface area contributed by atoms with Crippen LogP contribution >= 0.6 is 0 Å². The molecule has 6 nitrogen and oxygen atoms in total. The smallest absolute Gasteiger partial charge is 0.257 e. The number of hydrogen-bond donors (Lipinski definition) is 2. The number of nitrogens with zero attached hydrogens (tertiary/aromatic N) is 1. The van der Waals surface area contributed by atoms with Gasteiger partial charge in [0.25, 0.3) is 12.0 Å². The fourth-order valence-corrected chi connectivity index (χ4v) is 5.34. The number of aromatic nitrogens is 1. The molecule has 0 atom stereocenters. The number of carboxylic acid groups (broad SMARTS) is 1. The second-order valence-electron chi connectivity index (χ2n) is 10.1. The third kappa shape index (κ3) is 3.80. The number of benzene rings is 2. The predicted octanol–water partition coefficient (Wildman–Crippen LogP) is 4.22. The molecule has 0 unspecified atom stereocenters. The highest BCUT2D eigenvalue weighted by molar-refractivity contribution is 6.07. The van der Waals surface area contributed by atoms with E-state index in [1.165, 1.54) is 12.1 Å². The summed E-state index contributed by atoms with van der Waals surface area (Å²) in [7, 11) is 0. The zero-order chi connectivity index (χ0) is 24.1. The van der Waals surface area contributed by atoms with Crippen LogP contribution in [0.2, 0.25) is 0 Å². The van der Waals surface area contributed by atoms with Gasteiger partial charge >= 0.3 is 0 Å². The van der Waals surface area contributed by atoms with Crippen LogP contribution in [-0.2, 0) is 0 Å². The summed E-state index contributed by atoms with van der Waals surface area (Å²) in [6.07, 6.45) is 2.23. The molecule has 1 aromatic heterocycles. The van der Waals surface area contributed by atoms with E-state index in [2.05, 4.69) is 4.98 Å². The summed E-state index contributed by atoms with van der Waals surface area (Å²) < 4.78 is 13.6. The van der Waals surface area contributed by atoms with E-state index in [-0.39, 0.29) is 16.2 Å². The van der Waals surface area contributed by atoms with Gasteiger partial charge in [-0.15, -0.1) is 0 Å². The van der Waals surface area contributed by atoms with Gasteiger partial charge in [-0.3, -0.25) is 9.28 Å². The van der Waals surface area contributed by atoms with Crippen molar-refractivity contribution in [1.29, 1.82) is 0 Å². The van der Waals surface area contributed by atoms with Crippen molar-refractivity contribution in [2.45, 2.75) is 52.0 Å². The summed E-state index contributed by atoms with van der Waals surface area (Å²) in [6.45, 7) is 8.59. The highest BCUT2D eigenvalue weighted by Crippen LogP contribution is 2.41. The van der Waals surface area contributed by atoms with Gasteiger partial charge in [-0.2, -0.15) is 0 Å². The minimum absolute atomic E-state index is 0.0710. The lowest BCUT2D eigenvalue weighted by Gasteiger charge is -2.51. The van der Waals surface area contributed by atoms with Crippen molar-refractivity contribution in [1.82, 2.24) is 4.98 Å². The number of aromatic amines is 1. The number of likely N-dealkylation sites (tertiary alicyclic amines) is 1. The first-order valence-corrected chi connectivity index (χ1v) is 11.2. The highest BCUT2D eigenvalue weighted by Gasteiger charge is 2.45. The lowest BCUT2D eigenvalue weighted by Crippen LogP contribution is -2.69. The van der Waals surface area contributed by atoms with Crippen molar-refractivity contribution >= 4 is 22.9 Å². The van der Waals surface area contributed by atoms with Crippen LogP contribution in [0.15, 0.2) is 36.5 Å². The van der Waals surface area contributed by atoms with E-state index >= 15 is 0 Å². The number of nitrogens with two attached hydrogens (primary N) is 1. The molecule has 33 heavy (non-hydrogen) atoms. The molecule has 0 spiro atoms. The van der Waals surface area contributed by atoms with Crippen molar-refractivity contribution in [3.8, 4) is 11.1 Å². The van der Waals surface area contributed by atoms with E-state index in [1.807, 2.05) is 40.0 Å². The SMILES string of the molecule is Cc1cc(F)ccc1-c1cc(C(N)=O)c2[nH]cc(C3CC[N+](C(=O)[O-])(C(C)(C)C)CC3)c2c1. The molecule has 0 saturated carbocycles. The number of hydrogen-bond acceptors (Lipinski definition) is 3. The minimum atomic E-state index is -1.04. The fourth-order valence-electron chi connectivity index (χ4n) is 5.34. The second kappa shape index (κ2) is 7.99. The molecule has 2 heterocycles. The molecule has 1 aliphatic heterocycles. The van der Waals surface area contributed by atoms with Crippen molar-refractivity contribution in [2.24, 2.45) is 5.73 Å². The van der Waals surface area contributed by atoms with E-state index < -0.39 is 17.5 Å². The summed E-state index contributed by atoms with van der Waals surface area (Å²) in [5.74, 6) is -0.721. The van der Waals surface area contributed by atoms with Gasteiger partial charge in [-0.1, -0.05) is 6.07 Å². The standard InChI is InChI=1S/C26H30FN3O3/c1-15-11-18(27)5-6-19(15)17-12-20-22(14-29-23(20)21(13-17)24(28)31)16-7-9-30(10-8-16,25(32)33)26(2,3)4/h5-6,11-14,16H,7-10H2,1-4H3,(H3-,28,29,31,32,33). The quantitative estimate of drug-likeness (QED) is 0.583. The molecule has 1 fully saturated rings. The van der Waals surface area contributed by atoms with Crippen molar-refractivity contribution in [2.75, 3.05) is 13.1 Å². The van der Waals surface area contributed by atoms with Crippen LogP contribution in [0, 0.1) is 12.7 Å². The Morgan fingerprint density at radius 3 is 2.36 bits per heavy atom. The van der Waals surface area contributed by atoms with Gasteiger partial charge in [-0.25, -0.2) is 4.39 Å². The van der Waals surface area contributed by atoms with Gasteiger partial charge in [0.2, 0.25) is 0 Å². The van der Waals surface area contributed by atoms with E-state index in [9.17, 15) is 19.1 Å². The third-order valence-electron chi connectivity index (χ3n) is 7.38. The number of quaternary nitrogens is 1. The zero-order valence-corrected chi connectivity index (χ0v) is 19.5. The maximum atomic E-state index is 13.7. The van der Waals surface area contributed by atoms with Crippen molar-refractivity contribution in [3.63, 3.8) is 0 Å². The number of H-pyrrole nitrogens is 1. The summed E-state index contributed by atoms with van der Waals surface area (Å²) in [5, 5.41) is 13.0. The fraction of sp³-hybridized carbons (Fsp3) is 0.385. The van der Waals surface area contributed by atoms with Gasteiger partial charge in [0.1, 0.15) is 5.82 Å². The van der Waals surface area contributed by atoms with E-state index in [4.69, 9.17) is 5.73 Å². The summed E-state index contributed by atoms with van der Waals surface area (Å²) in [4.78, 5) is 27.6. The Hall–Kier alpha value is -3.19. The monoisotopic (exact) mass is 451 g/mol. The molecule has 7 heteroatoms. The number of carbonyl (C=O) groups is 2. The van der Waals surface area contributed by atoms with Crippen LogP contribution < -0.4 is 10.8 Å². The Bertz CT molecular complexity index is 1250. The molecular formula is C26H30FN3O3. The zero-order valence-electron chi connectivity index (χ0n) is 19.5. The number of aryl methyl sites for hydroxylation is 1. The van der Waals surface area contributed by atoms with Gasteiger partial charge in [0.05, 0.1) is 29.7 Å². The first-order chi connectivity index (χ1) is 15.4. The van der Waals surface area contributed by atoms with Crippen LogP contribution in [0.3, 0.4) is 0 Å². The van der Waals surface area contributed by atoms with Crippen LogP contribution in [0.4, 0.5) is 9.18 Å². The van der Waals surface area contributed by atoms with E-state index in [1.54, 1.807) is 12.1 Å². The normalized spacial score (nSPS) is 21.3. The Labute approximate surface area is 192 Å². The summed E-state index contributed by atoms with van der Waals surface area (Å²) in [5.41, 5.74) is 9.71. The number of amides is 2. The molecule has 1 aliphatic rings. The maximum absolute atomic E-state index is 13.7. The predicted molar refractivity (Wildman–Crippen MR) is 124 cm³/mol. The maximum Gasteiger partial charge on any atom is 0.257 e. The molecule has 1 saturated heterocycles. The average molecular weight is 452 g/mol. The molecule has 4 rings (SSSR count). The first-order valence-electron chi connectivity index (χ1n) is 11.2. The average Bonchev–Trinajstić information content (AvgIpc) is 3.16. The molecule has 3 N–H and O–H groups in total. The lowest BCUT2D eigenvalue weighted by molar-refractivity contribution is -0.924. The second-order valence-corrected chi connectivity index (χ2v) is 10.1. The number of halogens is 1. The van der Waals surface area contributed by atoms with Crippen LogP contribution in [0.25, 0.3) is 22.0 Å². The Morgan fingerprint density at radius 2 is 1.82 bits per heavy atom. The van der Waals surface area contributed by atoms with Crippen LogP contribution in [0.5, 0.6) is 0 Å². The number of piperidine rings is 1. The van der Waals surface area contributed by atoms with Gasteiger partial charge in [0.15, 0.2) is 0 Å². The minimum Gasteiger partial charge on any atom is -0.498 e. The number of fused-ring (bicyclic) bond motifs is 1. The Morgan fingerprint density at radius 1 is 1.15 bits per heavy atom. The molecule has 174 valence electrons. The number of carbonyl (C=O) groups excluding carboxylic acids is 2. The molecule has 2 aromatic carbocycles. The van der Waals surface area contributed by atoms with Crippen LogP contribution in [0.1, 0.15) is 61.0 Å². The van der Waals surface area contributed by atoms with Crippen molar-refractivity contribution in [3.05, 3.63) is 59.0 Å². The van der Waals surface area contributed by atoms with Gasteiger partial charge in [-0.05, 0) is 80.1 Å². The van der Waals surface area contributed by atoms with Gasteiger partial charge < -0.3 is 20.6 Å². The topological polar surface area (TPSA) is 99.0 Å². The molecule has 0 bridgehead atoms. The largest absolute Gasteiger partial charge is 0.498 e. The van der Waals surface area contributed by atoms with Crippen LogP contribution in [-0.4, -0.2) is 40.1 Å². The van der Waals surface area contributed by atoms with Crippen molar-refractivity contribution < 1.29 is 23.6 Å².